The fourth-order valence-corrected chi connectivity index (χ4v) is 1.47. The van der Waals surface area contributed by atoms with E-state index in [0.717, 1.165) is 12.1 Å². The average Bonchev–Trinajstić information content (AvgIpc) is 2.18. The second-order valence-corrected chi connectivity index (χ2v) is 3.62. The summed E-state index contributed by atoms with van der Waals surface area (Å²) in [5.74, 6) is -2.37. The lowest BCUT2D eigenvalue weighted by molar-refractivity contribution is -0.275. The predicted octanol–water partition coefficient (Wildman–Crippen LogP) is 2.92. The summed E-state index contributed by atoms with van der Waals surface area (Å²) in [7, 11) is 0. The van der Waals surface area contributed by atoms with Gasteiger partial charge < -0.3 is 9.84 Å². The van der Waals surface area contributed by atoms with E-state index in [1.165, 1.54) is 6.07 Å². The highest BCUT2D eigenvalue weighted by atomic mass is 79.9. The quantitative estimate of drug-likeness (QED) is 0.912. The van der Waals surface area contributed by atoms with E-state index in [1.807, 2.05) is 0 Å². The zero-order valence-electron chi connectivity index (χ0n) is 7.88. The van der Waals surface area contributed by atoms with Crippen LogP contribution in [0, 0.1) is 11.3 Å². The summed E-state index contributed by atoms with van der Waals surface area (Å²) in [5.41, 5.74) is -1.25. The molecule has 0 bridgehead atoms. The number of carbonyl (C=O) groups is 1. The maximum atomic E-state index is 12.1. The van der Waals surface area contributed by atoms with E-state index >= 15 is 0 Å². The topological polar surface area (TPSA) is 70.3 Å². The largest absolute Gasteiger partial charge is 0.573 e. The van der Waals surface area contributed by atoms with Crippen LogP contribution >= 0.6 is 15.9 Å². The van der Waals surface area contributed by atoms with Gasteiger partial charge in [0.1, 0.15) is 11.6 Å². The van der Waals surface area contributed by atoms with E-state index in [-0.39, 0.29) is 4.47 Å². The number of carboxylic acids is 1. The Hall–Kier alpha value is -1.75. The molecular weight excluding hydrogens is 307 g/mol. The first-order valence-electron chi connectivity index (χ1n) is 3.98. The molecule has 0 heterocycles. The van der Waals surface area contributed by atoms with E-state index in [0.29, 0.717) is 0 Å². The van der Waals surface area contributed by atoms with Crippen LogP contribution in [0.25, 0.3) is 0 Å². The first-order valence-corrected chi connectivity index (χ1v) is 4.77. The van der Waals surface area contributed by atoms with Gasteiger partial charge in [-0.1, -0.05) is 0 Å². The summed E-state index contributed by atoms with van der Waals surface area (Å²) >= 11 is 2.75. The lowest BCUT2D eigenvalue weighted by Crippen LogP contribution is -2.19. The lowest BCUT2D eigenvalue weighted by atomic mass is 10.1. The van der Waals surface area contributed by atoms with E-state index in [1.54, 1.807) is 0 Å². The number of carboxylic acid groups (broad SMARTS) is 1. The number of nitrogens with zero attached hydrogens (tertiary/aromatic N) is 1. The Morgan fingerprint density at radius 3 is 2.47 bits per heavy atom. The average molecular weight is 310 g/mol. The molecule has 0 amide bonds. The van der Waals surface area contributed by atoms with Crippen molar-refractivity contribution < 1.29 is 27.8 Å². The number of rotatable bonds is 2. The van der Waals surface area contributed by atoms with Crippen LogP contribution in [0.1, 0.15) is 15.9 Å². The highest BCUT2D eigenvalue weighted by Crippen LogP contribution is 2.35. The Morgan fingerprint density at radius 2 is 2.06 bits per heavy atom. The van der Waals surface area contributed by atoms with Crippen molar-refractivity contribution in [3.8, 4) is 11.8 Å². The van der Waals surface area contributed by atoms with E-state index in [4.69, 9.17) is 10.4 Å². The Morgan fingerprint density at radius 1 is 1.47 bits per heavy atom. The molecule has 0 aliphatic carbocycles. The predicted molar refractivity (Wildman–Crippen MR) is 52.5 cm³/mol. The van der Waals surface area contributed by atoms with Crippen LogP contribution in [0.5, 0.6) is 5.75 Å². The molecule has 8 heteroatoms. The first kappa shape index (κ1) is 13.3. The van der Waals surface area contributed by atoms with Crippen molar-refractivity contribution in [2.75, 3.05) is 0 Å². The molecule has 0 atom stereocenters. The molecule has 17 heavy (non-hydrogen) atoms. The Balaban J connectivity index is 3.42. The van der Waals surface area contributed by atoms with Gasteiger partial charge in [0.25, 0.3) is 0 Å². The Kier molecular flexibility index (Phi) is 3.63. The molecule has 1 rings (SSSR count). The van der Waals surface area contributed by atoms with Crippen LogP contribution in [0.15, 0.2) is 16.6 Å². The summed E-state index contributed by atoms with van der Waals surface area (Å²) in [6, 6.07) is 3.44. The van der Waals surface area contributed by atoms with Gasteiger partial charge in [-0.05, 0) is 28.1 Å². The van der Waals surface area contributed by atoms with Crippen molar-refractivity contribution in [3.05, 3.63) is 27.7 Å². The molecular formula is C9H3BrF3NO3. The van der Waals surface area contributed by atoms with Crippen molar-refractivity contribution in [1.82, 2.24) is 0 Å². The van der Waals surface area contributed by atoms with Crippen molar-refractivity contribution in [2.45, 2.75) is 6.36 Å². The van der Waals surface area contributed by atoms with Crippen LogP contribution in [-0.4, -0.2) is 17.4 Å². The summed E-state index contributed by atoms with van der Waals surface area (Å²) in [4.78, 5) is 10.7. The van der Waals surface area contributed by atoms with Crippen LogP contribution in [0.4, 0.5) is 13.2 Å². The highest BCUT2D eigenvalue weighted by Gasteiger charge is 2.34. The molecule has 1 N–H and O–H groups in total. The van der Waals surface area contributed by atoms with Gasteiger partial charge in [-0.25, -0.2) is 4.79 Å². The van der Waals surface area contributed by atoms with Gasteiger partial charge in [0, 0.05) is 0 Å². The van der Waals surface area contributed by atoms with E-state index in [9.17, 15) is 18.0 Å². The Bertz CT molecular complexity index is 507. The fraction of sp³-hybridized carbons (Fsp3) is 0.111. The third-order valence-electron chi connectivity index (χ3n) is 1.67. The molecule has 1 aromatic carbocycles. The van der Waals surface area contributed by atoms with Gasteiger partial charge in [-0.15, -0.1) is 13.2 Å². The van der Waals surface area contributed by atoms with Gasteiger partial charge in [-0.2, -0.15) is 5.26 Å². The molecule has 0 unspecified atom stereocenters. The van der Waals surface area contributed by atoms with Crippen LogP contribution in [0.3, 0.4) is 0 Å². The fourth-order valence-electron chi connectivity index (χ4n) is 1.06. The van der Waals surface area contributed by atoms with Gasteiger partial charge in [0.2, 0.25) is 0 Å². The third kappa shape index (κ3) is 3.10. The maximum absolute atomic E-state index is 12.1. The molecule has 0 spiro atoms. The molecule has 4 nitrogen and oxygen atoms in total. The third-order valence-corrected chi connectivity index (χ3v) is 2.29. The minimum absolute atomic E-state index is 0.156. The smallest absolute Gasteiger partial charge is 0.478 e. The lowest BCUT2D eigenvalue weighted by Gasteiger charge is -2.13. The molecule has 0 fully saturated rings. The molecule has 0 saturated heterocycles. The number of nitriles is 1. The summed E-state index contributed by atoms with van der Waals surface area (Å²) in [5, 5.41) is 17.4. The molecule has 0 aliphatic heterocycles. The molecule has 1 aromatic rings. The highest BCUT2D eigenvalue weighted by molar-refractivity contribution is 9.10. The second-order valence-electron chi connectivity index (χ2n) is 2.76. The van der Waals surface area contributed by atoms with Crippen molar-refractivity contribution in [1.29, 1.82) is 5.26 Å². The van der Waals surface area contributed by atoms with Crippen LogP contribution in [0.2, 0.25) is 0 Å². The molecule has 0 radical (unpaired) electrons. The van der Waals surface area contributed by atoms with Gasteiger partial charge in [0.15, 0.2) is 5.75 Å². The standard InChI is InChI=1S/C9H3BrF3NO3/c10-6-2-1-4(8(15)16)5(3-14)7(6)17-9(11,12)13/h1-2H,(H,15,16). The van der Waals surface area contributed by atoms with E-state index < -0.39 is 29.2 Å². The zero-order valence-corrected chi connectivity index (χ0v) is 9.46. The van der Waals surface area contributed by atoms with Crippen molar-refractivity contribution >= 4 is 21.9 Å². The van der Waals surface area contributed by atoms with Gasteiger partial charge in [0.05, 0.1) is 10.0 Å². The number of benzene rings is 1. The number of alkyl halides is 3. The first-order chi connectivity index (χ1) is 7.76. The minimum atomic E-state index is -5.01. The molecule has 90 valence electrons. The van der Waals surface area contributed by atoms with Crippen LogP contribution in [-0.2, 0) is 0 Å². The zero-order chi connectivity index (χ0) is 13.2. The second kappa shape index (κ2) is 4.63. The number of aromatic carboxylic acids is 1. The number of halogens is 4. The SMILES string of the molecule is N#Cc1c(C(=O)O)ccc(Br)c1OC(F)(F)F. The number of ether oxygens (including phenoxy) is 1. The van der Waals surface area contributed by atoms with Crippen LogP contribution < -0.4 is 4.74 Å². The van der Waals surface area contributed by atoms with Gasteiger partial charge >= 0.3 is 12.3 Å². The summed E-state index contributed by atoms with van der Waals surface area (Å²) < 4.78 is 39.7. The summed E-state index contributed by atoms with van der Waals surface area (Å²) in [6.07, 6.45) is -5.01. The number of hydrogen-bond acceptors (Lipinski definition) is 3. The monoisotopic (exact) mass is 309 g/mol. The molecule has 0 saturated carbocycles. The van der Waals surface area contributed by atoms with E-state index in [2.05, 4.69) is 20.7 Å². The normalized spacial score (nSPS) is 10.8. The maximum Gasteiger partial charge on any atom is 0.573 e. The van der Waals surface area contributed by atoms with Gasteiger partial charge in [-0.3, -0.25) is 0 Å². The minimum Gasteiger partial charge on any atom is -0.478 e. The molecule has 0 aliphatic rings. The molecule has 0 aromatic heterocycles. The summed E-state index contributed by atoms with van der Waals surface area (Å²) in [6.45, 7) is 0. The Labute approximate surface area is 101 Å². The van der Waals surface area contributed by atoms with Crippen molar-refractivity contribution in [2.24, 2.45) is 0 Å². The number of hydrogen-bond donors (Lipinski definition) is 1. The van der Waals surface area contributed by atoms with Crippen molar-refractivity contribution in [3.63, 3.8) is 0 Å².